The number of halogens is 1. The summed E-state index contributed by atoms with van der Waals surface area (Å²) in [6.07, 6.45) is 4.94. The minimum atomic E-state index is -3.79. The molecule has 1 heterocycles. The molecule has 1 fully saturated rings. The Kier molecular flexibility index (Phi) is 3.83. The quantitative estimate of drug-likeness (QED) is 0.893. The number of rotatable bonds is 3. The smallest absolute Gasteiger partial charge is 0.261 e. The maximum atomic E-state index is 13.0. The molecule has 0 saturated heterocycles. The van der Waals surface area contributed by atoms with E-state index in [1.807, 2.05) is 0 Å². The van der Waals surface area contributed by atoms with Gasteiger partial charge in [0, 0.05) is 18.9 Å². The van der Waals surface area contributed by atoms with Crippen LogP contribution in [0.4, 0.5) is 10.1 Å². The molecule has 0 amide bonds. The minimum absolute atomic E-state index is 0.00434. The highest BCUT2D eigenvalue weighted by Crippen LogP contribution is 2.46. The predicted molar refractivity (Wildman–Crippen MR) is 90.7 cm³/mol. The van der Waals surface area contributed by atoms with E-state index in [0.29, 0.717) is 17.2 Å². The van der Waals surface area contributed by atoms with Gasteiger partial charge in [-0.05, 0) is 49.2 Å². The van der Waals surface area contributed by atoms with Crippen LogP contribution in [-0.4, -0.2) is 14.2 Å². The number of sulfonamides is 1. The average Bonchev–Trinajstić information content (AvgIpc) is 2.92. The second-order valence-electron chi connectivity index (χ2n) is 6.40. The summed E-state index contributed by atoms with van der Waals surface area (Å²) in [5.74, 6) is 0.0855. The molecule has 0 bridgehead atoms. The van der Waals surface area contributed by atoms with Crippen molar-refractivity contribution in [2.24, 2.45) is 0 Å². The van der Waals surface area contributed by atoms with Gasteiger partial charge in [0.05, 0.1) is 10.6 Å². The van der Waals surface area contributed by atoms with E-state index in [-0.39, 0.29) is 4.90 Å². The molecule has 1 N–H and O–H groups in total. The lowest BCUT2D eigenvalue weighted by atomic mass is 9.94. The lowest BCUT2D eigenvalue weighted by Gasteiger charge is -2.31. The van der Waals surface area contributed by atoms with Crippen LogP contribution in [0.5, 0.6) is 11.5 Å². The molecule has 1 aliphatic carbocycles. The molecule has 4 rings (SSSR count). The second-order valence-corrected chi connectivity index (χ2v) is 8.08. The van der Waals surface area contributed by atoms with Gasteiger partial charge >= 0.3 is 0 Å². The number of anilines is 1. The predicted octanol–water partition coefficient (Wildman–Crippen LogP) is 4.06. The van der Waals surface area contributed by atoms with Gasteiger partial charge in [0.25, 0.3) is 15.8 Å². The van der Waals surface area contributed by atoms with E-state index >= 15 is 0 Å². The monoisotopic (exact) mass is 363 g/mol. The van der Waals surface area contributed by atoms with Gasteiger partial charge in [-0.2, -0.15) is 0 Å². The van der Waals surface area contributed by atoms with Crippen LogP contribution in [0.3, 0.4) is 0 Å². The van der Waals surface area contributed by atoms with Gasteiger partial charge in [-0.1, -0.05) is 6.42 Å². The highest BCUT2D eigenvalue weighted by Gasteiger charge is 2.42. The number of ether oxygens (including phenoxy) is 2. The molecule has 7 heteroatoms. The number of nitrogens with one attached hydrogen (secondary N) is 1. The van der Waals surface area contributed by atoms with E-state index in [9.17, 15) is 12.8 Å². The molecule has 5 nitrogen and oxygen atoms in total. The van der Waals surface area contributed by atoms with Crippen molar-refractivity contribution in [1.82, 2.24) is 0 Å². The zero-order valence-corrected chi connectivity index (χ0v) is 14.3. The zero-order chi connectivity index (χ0) is 17.5. The first-order valence-electron chi connectivity index (χ1n) is 8.26. The second kappa shape index (κ2) is 5.91. The number of benzene rings is 2. The fraction of sp³-hybridized carbons (Fsp3) is 0.333. The SMILES string of the molecule is O=S(=O)(Nc1ccc2c(c1)OC1(CCCCC1)O2)c1ccc(F)cc1. The molecule has 2 aliphatic rings. The van der Waals surface area contributed by atoms with Crippen LogP contribution < -0.4 is 14.2 Å². The van der Waals surface area contributed by atoms with Crippen LogP contribution in [0, 0.1) is 5.82 Å². The highest BCUT2D eigenvalue weighted by atomic mass is 32.2. The topological polar surface area (TPSA) is 64.6 Å². The molecule has 0 unspecified atom stereocenters. The molecular formula is C18H18FNO4S. The Bertz CT molecular complexity index is 890. The number of fused-ring (bicyclic) bond motifs is 1. The summed E-state index contributed by atoms with van der Waals surface area (Å²) in [5, 5.41) is 0. The molecule has 2 aromatic rings. The van der Waals surface area contributed by atoms with Crippen molar-refractivity contribution in [2.75, 3.05) is 4.72 Å². The van der Waals surface area contributed by atoms with Gasteiger partial charge in [0.1, 0.15) is 5.82 Å². The number of hydrogen-bond donors (Lipinski definition) is 1. The summed E-state index contributed by atoms with van der Waals surface area (Å²) in [7, 11) is -3.79. The third-order valence-electron chi connectivity index (χ3n) is 4.53. The van der Waals surface area contributed by atoms with Gasteiger partial charge < -0.3 is 9.47 Å². The van der Waals surface area contributed by atoms with Gasteiger partial charge in [-0.3, -0.25) is 4.72 Å². The van der Waals surface area contributed by atoms with E-state index in [1.54, 1.807) is 18.2 Å². The first kappa shape index (κ1) is 16.2. The summed E-state index contributed by atoms with van der Waals surface area (Å²) in [5.41, 5.74) is 0.375. The van der Waals surface area contributed by atoms with Crippen molar-refractivity contribution in [2.45, 2.75) is 42.8 Å². The summed E-state index contributed by atoms with van der Waals surface area (Å²) >= 11 is 0. The molecule has 0 radical (unpaired) electrons. The molecule has 1 aliphatic heterocycles. The van der Waals surface area contributed by atoms with Crippen LogP contribution in [0.1, 0.15) is 32.1 Å². The third kappa shape index (κ3) is 3.16. The Morgan fingerprint density at radius 1 is 0.920 bits per heavy atom. The maximum absolute atomic E-state index is 13.0. The lowest BCUT2D eigenvalue weighted by molar-refractivity contribution is -0.105. The van der Waals surface area contributed by atoms with E-state index in [2.05, 4.69) is 4.72 Å². The summed E-state index contributed by atoms with van der Waals surface area (Å²) in [6, 6.07) is 9.64. The standard InChI is InChI=1S/C18H18FNO4S/c19-13-4-7-15(8-5-13)25(21,22)20-14-6-9-16-17(12-14)24-18(23-16)10-2-1-3-11-18/h4-9,12,20H,1-3,10-11H2. The fourth-order valence-electron chi connectivity index (χ4n) is 3.28. The Labute approximate surface area is 145 Å². The summed E-state index contributed by atoms with van der Waals surface area (Å²) in [4.78, 5) is -0.00434. The largest absolute Gasteiger partial charge is 0.448 e. The fourth-order valence-corrected chi connectivity index (χ4v) is 4.33. The molecule has 25 heavy (non-hydrogen) atoms. The number of hydrogen-bond acceptors (Lipinski definition) is 4. The van der Waals surface area contributed by atoms with Crippen LogP contribution in [0.15, 0.2) is 47.4 Å². The van der Waals surface area contributed by atoms with Crippen molar-refractivity contribution in [3.8, 4) is 11.5 Å². The van der Waals surface area contributed by atoms with Gasteiger partial charge in [-0.15, -0.1) is 0 Å². The average molecular weight is 363 g/mol. The Balaban J connectivity index is 1.56. The molecule has 0 aromatic heterocycles. The molecule has 1 spiro atoms. The molecule has 0 atom stereocenters. The lowest BCUT2D eigenvalue weighted by Crippen LogP contribution is -2.40. The zero-order valence-electron chi connectivity index (χ0n) is 13.5. The van der Waals surface area contributed by atoms with Crippen LogP contribution >= 0.6 is 0 Å². The van der Waals surface area contributed by atoms with Gasteiger partial charge in [-0.25, -0.2) is 12.8 Å². The van der Waals surface area contributed by atoms with Crippen molar-refractivity contribution < 1.29 is 22.3 Å². The first-order chi connectivity index (χ1) is 12.0. The summed E-state index contributed by atoms with van der Waals surface area (Å²) in [6.45, 7) is 0. The third-order valence-corrected chi connectivity index (χ3v) is 5.92. The van der Waals surface area contributed by atoms with Gasteiger partial charge in [0.2, 0.25) is 0 Å². The Morgan fingerprint density at radius 3 is 2.32 bits per heavy atom. The van der Waals surface area contributed by atoms with Crippen molar-refractivity contribution in [3.05, 3.63) is 48.3 Å². The minimum Gasteiger partial charge on any atom is -0.448 e. The van der Waals surface area contributed by atoms with E-state index in [0.717, 1.165) is 37.8 Å². The van der Waals surface area contributed by atoms with Gasteiger partial charge in [0.15, 0.2) is 11.5 Å². The van der Waals surface area contributed by atoms with Crippen molar-refractivity contribution >= 4 is 15.7 Å². The molecule has 132 valence electrons. The molecular weight excluding hydrogens is 345 g/mol. The highest BCUT2D eigenvalue weighted by molar-refractivity contribution is 7.92. The van der Waals surface area contributed by atoms with Crippen molar-refractivity contribution in [3.63, 3.8) is 0 Å². The van der Waals surface area contributed by atoms with Crippen molar-refractivity contribution in [1.29, 1.82) is 0 Å². The Hall–Kier alpha value is -2.28. The molecule has 1 saturated carbocycles. The summed E-state index contributed by atoms with van der Waals surface area (Å²) < 4.78 is 52.3. The first-order valence-corrected chi connectivity index (χ1v) is 9.75. The maximum Gasteiger partial charge on any atom is 0.261 e. The Morgan fingerprint density at radius 2 is 1.60 bits per heavy atom. The van der Waals surface area contributed by atoms with E-state index in [4.69, 9.17) is 9.47 Å². The van der Waals surface area contributed by atoms with Crippen LogP contribution in [0.2, 0.25) is 0 Å². The van der Waals surface area contributed by atoms with Crippen LogP contribution in [-0.2, 0) is 10.0 Å². The van der Waals surface area contributed by atoms with E-state index in [1.165, 1.54) is 18.6 Å². The van der Waals surface area contributed by atoms with E-state index < -0.39 is 21.6 Å². The normalized spacial score (nSPS) is 18.3. The molecule has 2 aromatic carbocycles. The van der Waals surface area contributed by atoms with Crippen LogP contribution in [0.25, 0.3) is 0 Å².